The fourth-order valence-electron chi connectivity index (χ4n) is 0.831. The van der Waals surface area contributed by atoms with Gasteiger partial charge in [0, 0.05) is 0 Å². The molecule has 5 heteroatoms. The van der Waals surface area contributed by atoms with Crippen molar-refractivity contribution in [3.63, 3.8) is 0 Å². The summed E-state index contributed by atoms with van der Waals surface area (Å²) < 4.78 is 25.0. The second-order valence-corrected chi connectivity index (χ2v) is 4.35. The Hall–Kier alpha value is -1.24. The summed E-state index contributed by atoms with van der Waals surface area (Å²) in [6, 6.07) is 4.60. The Bertz CT molecular complexity index is 400. The molecule has 0 aliphatic rings. The molecule has 0 amide bonds. The Balaban J connectivity index is 2.86. The summed E-state index contributed by atoms with van der Waals surface area (Å²) in [5.74, 6) is -1.58. The van der Waals surface area contributed by atoms with E-state index in [-0.39, 0.29) is 10.9 Å². The van der Waals surface area contributed by atoms with Crippen LogP contribution in [0.5, 0.6) is 0 Å². The summed E-state index contributed by atoms with van der Waals surface area (Å²) in [4.78, 5) is 11.2. The fourth-order valence-corrected chi connectivity index (χ4v) is 1.91. The summed E-state index contributed by atoms with van der Waals surface area (Å²) in [6.45, 7) is 0. The van der Waals surface area contributed by atoms with Crippen molar-refractivity contribution in [3.05, 3.63) is 35.4 Å². The molecule has 0 unspecified atom stereocenters. The van der Waals surface area contributed by atoms with Crippen LogP contribution in [0.1, 0.15) is 10.4 Å². The molecule has 0 N–H and O–H groups in total. The van der Waals surface area contributed by atoms with Crippen LogP contribution in [0.2, 0.25) is 5.32 Å². The third-order valence-corrected chi connectivity index (χ3v) is 3.00. The van der Waals surface area contributed by atoms with Gasteiger partial charge in [-0.05, 0) is 0 Å². The van der Waals surface area contributed by atoms with Gasteiger partial charge in [0.05, 0.1) is 0 Å². The van der Waals surface area contributed by atoms with Gasteiger partial charge >= 0.3 is 85.3 Å². The van der Waals surface area contributed by atoms with Gasteiger partial charge in [0.1, 0.15) is 0 Å². The number of halogens is 2. The van der Waals surface area contributed by atoms with Crippen molar-refractivity contribution < 1.29 is 13.6 Å². The van der Waals surface area contributed by atoms with Gasteiger partial charge in [-0.1, -0.05) is 0 Å². The molecule has 1 aromatic carbocycles. The SMILES string of the molecule is N#CC[Se]C(=O)c1ccc(F)cc1F. The first-order valence-electron chi connectivity index (χ1n) is 3.64. The second kappa shape index (κ2) is 4.85. The third-order valence-electron chi connectivity index (χ3n) is 1.42. The minimum atomic E-state index is -0.866. The molecular formula is C9H5F2NOSe. The Morgan fingerprint density at radius 3 is 2.79 bits per heavy atom. The predicted molar refractivity (Wildman–Crippen MR) is 46.9 cm³/mol. The number of hydrogen-bond donors (Lipinski definition) is 0. The van der Waals surface area contributed by atoms with Crippen molar-refractivity contribution in [2.24, 2.45) is 0 Å². The van der Waals surface area contributed by atoms with Crippen LogP contribution in [0.25, 0.3) is 0 Å². The molecule has 0 spiro atoms. The standard InChI is InChI=1S/C9H5F2NOSe/c10-6-1-2-7(8(11)5-6)9(13)14-4-3-12/h1-2,5H,4H2. The first-order valence-corrected chi connectivity index (χ1v) is 5.71. The van der Waals surface area contributed by atoms with E-state index in [2.05, 4.69) is 0 Å². The number of nitriles is 1. The minimum absolute atomic E-state index is 0.0999. The van der Waals surface area contributed by atoms with E-state index in [1.165, 1.54) is 0 Å². The molecular weight excluding hydrogens is 255 g/mol. The number of nitrogens with zero attached hydrogens (tertiary/aromatic N) is 1. The molecule has 72 valence electrons. The molecule has 2 nitrogen and oxygen atoms in total. The quantitative estimate of drug-likeness (QED) is 0.777. The fraction of sp³-hybridized carbons (Fsp3) is 0.111. The van der Waals surface area contributed by atoms with Crippen LogP contribution in [-0.4, -0.2) is 19.6 Å². The van der Waals surface area contributed by atoms with E-state index in [1.54, 1.807) is 0 Å². The Morgan fingerprint density at radius 1 is 1.50 bits per heavy atom. The van der Waals surface area contributed by atoms with Crippen LogP contribution in [-0.2, 0) is 0 Å². The molecule has 0 aliphatic carbocycles. The van der Waals surface area contributed by atoms with Crippen molar-refractivity contribution in [2.45, 2.75) is 5.32 Å². The van der Waals surface area contributed by atoms with Crippen LogP contribution >= 0.6 is 0 Å². The summed E-state index contributed by atoms with van der Waals surface area (Å²) in [5, 5.41) is 8.33. The molecule has 0 atom stereocenters. The molecule has 0 saturated carbocycles. The van der Waals surface area contributed by atoms with Gasteiger partial charge in [0.2, 0.25) is 0 Å². The molecule has 0 aliphatic heterocycles. The molecule has 0 fully saturated rings. The van der Waals surface area contributed by atoms with E-state index >= 15 is 0 Å². The van der Waals surface area contributed by atoms with Crippen LogP contribution < -0.4 is 0 Å². The van der Waals surface area contributed by atoms with Crippen LogP contribution in [0, 0.1) is 23.0 Å². The van der Waals surface area contributed by atoms with Gasteiger partial charge in [-0.3, -0.25) is 0 Å². The molecule has 1 rings (SSSR count). The summed E-state index contributed by atoms with van der Waals surface area (Å²) in [6.07, 6.45) is 0. The van der Waals surface area contributed by atoms with Gasteiger partial charge in [0.15, 0.2) is 0 Å². The van der Waals surface area contributed by atoms with E-state index in [1.807, 2.05) is 6.07 Å². The van der Waals surface area contributed by atoms with Crippen molar-refractivity contribution in [2.75, 3.05) is 0 Å². The normalized spacial score (nSPS) is 9.50. The maximum atomic E-state index is 13.0. The number of rotatable bonds is 3. The van der Waals surface area contributed by atoms with E-state index in [9.17, 15) is 13.6 Å². The Labute approximate surface area is 85.7 Å². The van der Waals surface area contributed by atoms with E-state index in [0.29, 0.717) is 6.07 Å². The average molecular weight is 260 g/mol. The van der Waals surface area contributed by atoms with Gasteiger partial charge in [0.25, 0.3) is 0 Å². The summed E-state index contributed by atoms with van der Waals surface area (Å²) in [7, 11) is 0. The van der Waals surface area contributed by atoms with Gasteiger partial charge in [-0.25, -0.2) is 0 Å². The van der Waals surface area contributed by atoms with E-state index in [0.717, 1.165) is 12.1 Å². The van der Waals surface area contributed by atoms with Crippen molar-refractivity contribution >= 4 is 19.6 Å². The number of benzene rings is 1. The molecule has 0 heterocycles. The molecule has 0 aromatic heterocycles. The van der Waals surface area contributed by atoms with Crippen LogP contribution in [0.15, 0.2) is 18.2 Å². The topological polar surface area (TPSA) is 40.9 Å². The van der Waals surface area contributed by atoms with Crippen LogP contribution in [0.4, 0.5) is 8.78 Å². The summed E-state index contributed by atoms with van der Waals surface area (Å²) in [5.41, 5.74) is -0.137. The Kier molecular flexibility index (Phi) is 3.75. The predicted octanol–water partition coefficient (Wildman–Crippen LogP) is 1.75. The Morgan fingerprint density at radius 2 is 2.21 bits per heavy atom. The monoisotopic (exact) mass is 261 g/mol. The number of carbonyl (C=O) groups excluding carboxylic acids is 1. The zero-order valence-electron chi connectivity index (χ0n) is 6.96. The van der Waals surface area contributed by atoms with Gasteiger partial charge in [-0.15, -0.1) is 0 Å². The zero-order valence-corrected chi connectivity index (χ0v) is 8.67. The van der Waals surface area contributed by atoms with Crippen molar-refractivity contribution in [1.29, 1.82) is 5.26 Å². The first kappa shape index (κ1) is 10.8. The molecule has 0 bridgehead atoms. The maximum absolute atomic E-state index is 13.0. The number of carbonyl (C=O) groups is 1. The van der Waals surface area contributed by atoms with Gasteiger partial charge < -0.3 is 0 Å². The number of hydrogen-bond acceptors (Lipinski definition) is 2. The van der Waals surface area contributed by atoms with Crippen molar-refractivity contribution in [1.82, 2.24) is 0 Å². The molecule has 14 heavy (non-hydrogen) atoms. The first-order chi connectivity index (χ1) is 6.65. The summed E-state index contributed by atoms with van der Waals surface area (Å²) >= 11 is -0.590. The second-order valence-electron chi connectivity index (χ2n) is 2.36. The van der Waals surface area contributed by atoms with E-state index in [4.69, 9.17) is 5.26 Å². The molecule has 0 radical (unpaired) electrons. The van der Waals surface area contributed by atoms with Gasteiger partial charge in [-0.2, -0.15) is 0 Å². The zero-order chi connectivity index (χ0) is 10.6. The molecule has 1 aromatic rings. The van der Waals surface area contributed by atoms with Crippen LogP contribution in [0.3, 0.4) is 0 Å². The average Bonchev–Trinajstić information content (AvgIpc) is 2.14. The van der Waals surface area contributed by atoms with Crippen molar-refractivity contribution in [3.8, 4) is 6.07 Å². The van der Waals surface area contributed by atoms with E-state index < -0.39 is 31.3 Å². The molecule has 0 saturated heterocycles. The third kappa shape index (κ3) is 2.62.